The second kappa shape index (κ2) is 5.73. The lowest BCUT2D eigenvalue weighted by Gasteiger charge is -1.95. The molecule has 0 aliphatic rings. The molecule has 18 heavy (non-hydrogen) atoms. The Morgan fingerprint density at radius 3 is 2.78 bits per heavy atom. The topological polar surface area (TPSA) is 69.1 Å². The fourth-order valence-corrected chi connectivity index (χ4v) is 2.28. The van der Waals surface area contributed by atoms with Gasteiger partial charge >= 0.3 is 0 Å². The second-order valence-electron chi connectivity index (χ2n) is 3.85. The standard InChI is InChI=1S/C13H14N2O2S/c1-9-11(7-18-8-12(14)16)15-13(17-9)10-5-3-2-4-6-10/h2-6H,7-8H2,1H3,(H2,14,16). The largest absolute Gasteiger partial charge is 0.441 e. The van der Waals surface area contributed by atoms with Gasteiger partial charge in [0.15, 0.2) is 0 Å². The summed E-state index contributed by atoms with van der Waals surface area (Å²) in [6, 6.07) is 9.73. The summed E-state index contributed by atoms with van der Waals surface area (Å²) in [6.07, 6.45) is 0. The Bertz CT molecular complexity index is 537. The first-order chi connectivity index (χ1) is 8.66. The van der Waals surface area contributed by atoms with E-state index in [4.69, 9.17) is 10.2 Å². The lowest BCUT2D eigenvalue weighted by Crippen LogP contribution is -2.13. The number of carbonyl (C=O) groups is 1. The number of carbonyl (C=O) groups excluding carboxylic acids is 1. The lowest BCUT2D eigenvalue weighted by atomic mass is 10.2. The average molecular weight is 262 g/mol. The van der Waals surface area contributed by atoms with Crippen LogP contribution in [0.15, 0.2) is 34.7 Å². The first kappa shape index (κ1) is 12.7. The average Bonchev–Trinajstić information content (AvgIpc) is 2.72. The maximum atomic E-state index is 10.7. The van der Waals surface area contributed by atoms with Crippen LogP contribution in [0.2, 0.25) is 0 Å². The van der Waals surface area contributed by atoms with Crippen LogP contribution in [0.5, 0.6) is 0 Å². The number of hydrogen-bond acceptors (Lipinski definition) is 4. The number of nitrogens with two attached hydrogens (primary N) is 1. The number of aromatic nitrogens is 1. The van der Waals surface area contributed by atoms with Crippen LogP contribution in [0.3, 0.4) is 0 Å². The van der Waals surface area contributed by atoms with E-state index in [0.29, 0.717) is 17.4 Å². The van der Waals surface area contributed by atoms with E-state index in [2.05, 4.69) is 4.98 Å². The maximum Gasteiger partial charge on any atom is 0.227 e. The molecule has 0 radical (unpaired) electrons. The first-order valence-corrected chi connectivity index (χ1v) is 6.70. The molecule has 0 saturated carbocycles. The molecule has 1 amide bonds. The third-order valence-corrected chi connectivity index (χ3v) is 3.36. The van der Waals surface area contributed by atoms with Crippen molar-refractivity contribution in [1.29, 1.82) is 0 Å². The molecule has 1 aromatic heterocycles. The molecular weight excluding hydrogens is 248 g/mol. The minimum absolute atomic E-state index is 0.299. The van der Waals surface area contributed by atoms with Gasteiger partial charge in [0.05, 0.1) is 11.4 Å². The van der Waals surface area contributed by atoms with Gasteiger partial charge in [0.2, 0.25) is 11.8 Å². The third-order valence-electron chi connectivity index (χ3n) is 2.40. The minimum atomic E-state index is -0.315. The SMILES string of the molecule is Cc1oc(-c2ccccc2)nc1CSCC(N)=O. The molecule has 2 rings (SSSR count). The van der Waals surface area contributed by atoms with Crippen molar-refractivity contribution in [3.8, 4) is 11.5 Å². The lowest BCUT2D eigenvalue weighted by molar-refractivity contribution is -0.115. The molecule has 1 aromatic carbocycles. The number of hydrogen-bond donors (Lipinski definition) is 1. The van der Waals surface area contributed by atoms with Gasteiger partial charge in [-0.2, -0.15) is 0 Å². The van der Waals surface area contributed by atoms with Crippen molar-refractivity contribution in [2.24, 2.45) is 5.73 Å². The highest BCUT2D eigenvalue weighted by Gasteiger charge is 2.11. The van der Waals surface area contributed by atoms with E-state index in [9.17, 15) is 4.79 Å². The first-order valence-electron chi connectivity index (χ1n) is 5.54. The van der Waals surface area contributed by atoms with Crippen molar-refractivity contribution in [1.82, 2.24) is 4.98 Å². The van der Waals surface area contributed by atoms with E-state index < -0.39 is 0 Å². The number of rotatable bonds is 5. The summed E-state index contributed by atoms with van der Waals surface area (Å²) in [5.74, 6) is 2.01. The van der Waals surface area contributed by atoms with Crippen LogP contribution in [-0.2, 0) is 10.5 Å². The second-order valence-corrected chi connectivity index (χ2v) is 4.83. The van der Waals surface area contributed by atoms with Crippen LogP contribution in [0, 0.1) is 6.92 Å². The van der Waals surface area contributed by atoms with Crippen LogP contribution in [-0.4, -0.2) is 16.6 Å². The fraction of sp³-hybridized carbons (Fsp3) is 0.231. The Morgan fingerprint density at radius 1 is 1.39 bits per heavy atom. The Hall–Kier alpha value is -1.75. The van der Waals surface area contributed by atoms with Crippen LogP contribution in [0.4, 0.5) is 0 Å². The van der Waals surface area contributed by atoms with Crippen molar-refractivity contribution in [2.45, 2.75) is 12.7 Å². The zero-order valence-corrected chi connectivity index (χ0v) is 10.9. The van der Waals surface area contributed by atoms with E-state index in [1.54, 1.807) is 0 Å². The number of primary amides is 1. The van der Waals surface area contributed by atoms with Gasteiger partial charge in [-0.05, 0) is 19.1 Å². The summed E-state index contributed by atoms with van der Waals surface area (Å²) in [6.45, 7) is 1.87. The molecule has 5 heteroatoms. The molecule has 0 aliphatic heterocycles. The van der Waals surface area contributed by atoms with Crippen LogP contribution < -0.4 is 5.73 Å². The normalized spacial score (nSPS) is 10.5. The summed E-state index contributed by atoms with van der Waals surface area (Å²) in [7, 11) is 0. The van der Waals surface area contributed by atoms with E-state index in [-0.39, 0.29) is 5.91 Å². The van der Waals surface area contributed by atoms with Crippen molar-refractivity contribution in [3.05, 3.63) is 41.8 Å². The number of amides is 1. The monoisotopic (exact) mass is 262 g/mol. The third kappa shape index (κ3) is 3.13. The number of oxazole rings is 1. The van der Waals surface area contributed by atoms with Crippen molar-refractivity contribution >= 4 is 17.7 Å². The van der Waals surface area contributed by atoms with Crippen LogP contribution in [0.1, 0.15) is 11.5 Å². The summed E-state index contributed by atoms with van der Waals surface area (Å²) < 4.78 is 5.62. The fourth-order valence-electron chi connectivity index (χ4n) is 1.51. The molecule has 0 bridgehead atoms. The summed E-state index contributed by atoms with van der Waals surface area (Å²) in [4.78, 5) is 15.1. The molecule has 0 unspecified atom stereocenters. The predicted molar refractivity (Wildman–Crippen MR) is 72.0 cm³/mol. The molecule has 0 atom stereocenters. The van der Waals surface area contributed by atoms with E-state index in [1.165, 1.54) is 11.8 Å². The smallest absolute Gasteiger partial charge is 0.227 e. The van der Waals surface area contributed by atoms with E-state index >= 15 is 0 Å². The molecule has 0 fully saturated rings. The van der Waals surface area contributed by atoms with Gasteiger partial charge in [0, 0.05) is 11.3 Å². The maximum absolute atomic E-state index is 10.7. The molecule has 0 saturated heterocycles. The molecule has 2 N–H and O–H groups in total. The number of thioether (sulfide) groups is 1. The Labute approximate surface area is 110 Å². The Kier molecular flexibility index (Phi) is 4.04. The molecule has 0 spiro atoms. The molecule has 0 aliphatic carbocycles. The summed E-state index contributed by atoms with van der Waals surface area (Å²) >= 11 is 1.44. The van der Waals surface area contributed by atoms with E-state index in [1.807, 2.05) is 37.3 Å². The van der Waals surface area contributed by atoms with Crippen molar-refractivity contribution < 1.29 is 9.21 Å². The molecule has 1 heterocycles. The highest BCUT2D eigenvalue weighted by Crippen LogP contribution is 2.23. The van der Waals surface area contributed by atoms with Crippen molar-refractivity contribution in [3.63, 3.8) is 0 Å². The zero-order chi connectivity index (χ0) is 13.0. The van der Waals surface area contributed by atoms with Crippen LogP contribution in [0.25, 0.3) is 11.5 Å². The van der Waals surface area contributed by atoms with Gasteiger partial charge < -0.3 is 10.2 Å². The van der Waals surface area contributed by atoms with Crippen molar-refractivity contribution in [2.75, 3.05) is 5.75 Å². The number of benzene rings is 1. The van der Waals surface area contributed by atoms with Crippen LogP contribution >= 0.6 is 11.8 Å². The van der Waals surface area contributed by atoms with Gasteiger partial charge in [-0.15, -0.1) is 11.8 Å². The van der Waals surface area contributed by atoms with E-state index in [0.717, 1.165) is 17.0 Å². The molecular formula is C13H14N2O2S. The molecule has 4 nitrogen and oxygen atoms in total. The highest BCUT2D eigenvalue weighted by atomic mass is 32.2. The number of nitrogens with zero attached hydrogens (tertiary/aromatic N) is 1. The molecule has 2 aromatic rings. The minimum Gasteiger partial charge on any atom is -0.441 e. The van der Waals surface area contributed by atoms with Gasteiger partial charge in [-0.1, -0.05) is 18.2 Å². The van der Waals surface area contributed by atoms with Gasteiger partial charge in [-0.25, -0.2) is 4.98 Å². The Balaban J connectivity index is 2.10. The summed E-state index contributed by atoms with van der Waals surface area (Å²) in [5.41, 5.74) is 6.90. The summed E-state index contributed by atoms with van der Waals surface area (Å²) in [5, 5.41) is 0. The quantitative estimate of drug-likeness (QED) is 0.898. The molecule has 94 valence electrons. The zero-order valence-electron chi connectivity index (χ0n) is 10.1. The Morgan fingerprint density at radius 2 is 2.11 bits per heavy atom. The predicted octanol–water partition coefficient (Wildman–Crippen LogP) is 2.37. The highest BCUT2D eigenvalue weighted by molar-refractivity contribution is 7.99. The van der Waals surface area contributed by atoms with Gasteiger partial charge in [-0.3, -0.25) is 4.79 Å². The van der Waals surface area contributed by atoms with Gasteiger partial charge in [0.25, 0.3) is 0 Å². The van der Waals surface area contributed by atoms with Gasteiger partial charge in [0.1, 0.15) is 5.76 Å². The number of aryl methyl sites for hydroxylation is 1.